The molecule has 1 heterocycles. The van der Waals surface area contributed by atoms with E-state index >= 15 is 0 Å². The molecule has 5 heteroatoms. The van der Waals surface area contributed by atoms with Gasteiger partial charge >= 0.3 is 0 Å². The largest absolute Gasteiger partial charge is 0.396 e. The molecule has 0 bridgehead atoms. The molecule has 1 aromatic carbocycles. The van der Waals surface area contributed by atoms with Gasteiger partial charge in [-0.2, -0.15) is 0 Å². The first-order chi connectivity index (χ1) is 9.47. The molecular formula is C15H17NO3S. The van der Waals surface area contributed by atoms with Crippen molar-refractivity contribution in [1.29, 1.82) is 0 Å². The summed E-state index contributed by atoms with van der Waals surface area (Å²) in [7, 11) is 1.49. The zero-order chi connectivity index (χ0) is 14.9. The van der Waals surface area contributed by atoms with E-state index in [9.17, 15) is 9.59 Å². The van der Waals surface area contributed by atoms with Crippen LogP contribution in [0.3, 0.4) is 0 Å². The number of rotatable bonds is 4. The second kappa shape index (κ2) is 5.81. The Labute approximate surface area is 122 Å². The molecule has 0 aromatic heterocycles. The van der Waals surface area contributed by atoms with E-state index in [1.165, 1.54) is 18.8 Å². The third kappa shape index (κ3) is 2.51. The standard InChI is InChI=1S/C15H17NO3S/c1-9-4-5-11(10(2)8-9)12-13(20-7-6-17)15(19)16(3)14(12)18/h4-5,8,17H,6-7H2,1-3H3. The highest BCUT2D eigenvalue weighted by Crippen LogP contribution is 2.36. The minimum atomic E-state index is -0.288. The van der Waals surface area contributed by atoms with Crippen LogP contribution in [0, 0.1) is 13.8 Å². The molecule has 1 aliphatic rings. The van der Waals surface area contributed by atoms with Gasteiger partial charge < -0.3 is 5.11 Å². The molecule has 0 unspecified atom stereocenters. The molecule has 1 N–H and O–H groups in total. The van der Waals surface area contributed by atoms with E-state index in [0.29, 0.717) is 16.2 Å². The van der Waals surface area contributed by atoms with E-state index in [1.54, 1.807) is 0 Å². The van der Waals surface area contributed by atoms with E-state index < -0.39 is 0 Å². The second-order valence-corrected chi connectivity index (χ2v) is 5.87. The molecule has 1 aliphatic heterocycles. The Balaban J connectivity index is 2.55. The Hall–Kier alpha value is -1.59. The van der Waals surface area contributed by atoms with E-state index in [2.05, 4.69) is 0 Å². The number of hydrogen-bond donors (Lipinski definition) is 1. The fraction of sp³-hybridized carbons (Fsp3) is 0.333. The summed E-state index contributed by atoms with van der Waals surface area (Å²) in [5.41, 5.74) is 3.33. The molecule has 1 aromatic rings. The number of aryl methyl sites for hydroxylation is 2. The SMILES string of the molecule is Cc1ccc(C2=C(SCCO)C(=O)N(C)C2=O)c(C)c1. The van der Waals surface area contributed by atoms with Crippen molar-refractivity contribution >= 4 is 29.1 Å². The fourth-order valence-corrected chi connectivity index (χ4v) is 3.13. The average molecular weight is 291 g/mol. The highest BCUT2D eigenvalue weighted by atomic mass is 32.2. The van der Waals surface area contributed by atoms with Gasteiger partial charge in [0.25, 0.3) is 11.8 Å². The van der Waals surface area contributed by atoms with Gasteiger partial charge in [-0.3, -0.25) is 14.5 Å². The van der Waals surface area contributed by atoms with Gasteiger partial charge in [0.05, 0.1) is 17.1 Å². The van der Waals surface area contributed by atoms with Crippen LogP contribution >= 0.6 is 11.8 Å². The number of aliphatic hydroxyl groups excluding tert-OH is 1. The smallest absolute Gasteiger partial charge is 0.267 e. The van der Waals surface area contributed by atoms with Crippen molar-refractivity contribution in [3.8, 4) is 0 Å². The van der Waals surface area contributed by atoms with E-state index in [1.807, 2.05) is 32.0 Å². The predicted octanol–water partition coefficient (Wildman–Crippen LogP) is 1.74. The Morgan fingerprint density at radius 1 is 1.20 bits per heavy atom. The van der Waals surface area contributed by atoms with Gasteiger partial charge in [0.15, 0.2) is 0 Å². The minimum absolute atomic E-state index is 0.0283. The Kier molecular flexibility index (Phi) is 4.30. The van der Waals surface area contributed by atoms with Crippen LogP contribution in [0.2, 0.25) is 0 Å². The first-order valence-corrected chi connectivity index (χ1v) is 7.34. The van der Waals surface area contributed by atoms with E-state index in [0.717, 1.165) is 21.6 Å². The van der Waals surface area contributed by atoms with E-state index in [4.69, 9.17) is 5.11 Å². The van der Waals surface area contributed by atoms with Gasteiger partial charge in [0, 0.05) is 12.8 Å². The number of benzene rings is 1. The van der Waals surface area contributed by atoms with Gasteiger partial charge in [0.2, 0.25) is 0 Å². The Bertz CT molecular complexity index is 607. The minimum Gasteiger partial charge on any atom is -0.396 e. The number of thioether (sulfide) groups is 1. The molecule has 0 saturated carbocycles. The Morgan fingerprint density at radius 3 is 2.50 bits per heavy atom. The van der Waals surface area contributed by atoms with Gasteiger partial charge in [-0.1, -0.05) is 23.8 Å². The quantitative estimate of drug-likeness (QED) is 0.859. The van der Waals surface area contributed by atoms with Crippen LogP contribution < -0.4 is 0 Å². The van der Waals surface area contributed by atoms with Crippen molar-refractivity contribution in [3.63, 3.8) is 0 Å². The van der Waals surface area contributed by atoms with Gasteiger partial charge in [0.1, 0.15) is 0 Å². The number of likely N-dealkylation sites (N-methyl/N-ethyl adjacent to an activating group) is 1. The predicted molar refractivity (Wildman–Crippen MR) is 80.2 cm³/mol. The number of carbonyl (C=O) groups is 2. The molecule has 0 saturated heterocycles. The second-order valence-electron chi connectivity index (χ2n) is 4.76. The Morgan fingerprint density at radius 2 is 1.90 bits per heavy atom. The molecule has 0 aliphatic carbocycles. The fourth-order valence-electron chi connectivity index (χ4n) is 2.23. The maximum atomic E-state index is 12.3. The highest BCUT2D eigenvalue weighted by Gasteiger charge is 2.37. The van der Waals surface area contributed by atoms with Crippen LogP contribution in [-0.2, 0) is 9.59 Å². The lowest BCUT2D eigenvalue weighted by molar-refractivity contribution is -0.134. The molecule has 2 rings (SSSR count). The molecule has 0 spiro atoms. The lowest BCUT2D eigenvalue weighted by Crippen LogP contribution is -2.26. The summed E-state index contributed by atoms with van der Waals surface area (Å²) in [5.74, 6) is -0.165. The molecule has 2 amide bonds. The summed E-state index contributed by atoms with van der Waals surface area (Å²) in [5, 5.41) is 8.94. The number of carbonyl (C=O) groups excluding carboxylic acids is 2. The monoisotopic (exact) mass is 291 g/mol. The van der Waals surface area contributed by atoms with Gasteiger partial charge in [-0.25, -0.2) is 0 Å². The molecule has 0 radical (unpaired) electrons. The molecule has 20 heavy (non-hydrogen) atoms. The van der Waals surface area contributed by atoms with Crippen LogP contribution in [0.25, 0.3) is 5.57 Å². The topological polar surface area (TPSA) is 57.6 Å². The molecule has 4 nitrogen and oxygen atoms in total. The molecule has 0 atom stereocenters. The van der Waals surface area contributed by atoms with Crippen molar-refractivity contribution in [2.75, 3.05) is 19.4 Å². The summed E-state index contributed by atoms with van der Waals surface area (Å²) in [4.78, 5) is 26.0. The number of nitrogens with zero attached hydrogens (tertiary/aromatic N) is 1. The average Bonchev–Trinajstić information content (AvgIpc) is 2.61. The molecule has 106 valence electrons. The third-order valence-corrected chi connectivity index (χ3v) is 4.29. The summed E-state index contributed by atoms with van der Waals surface area (Å²) in [6.07, 6.45) is 0. The lowest BCUT2D eigenvalue weighted by Gasteiger charge is -2.09. The number of amides is 2. The zero-order valence-corrected chi connectivity index (χ0v) is 12.6. The van der Waals surface area contributed by atoms with Crippen molar-refractivity contribution < 1.29 is 14.7 Å². The molecule has 0 fully saturated rings. The normalized spacial score (nSPS) is 15.5. The maximum absolute atomic E-state index is 12.3. The van der Waals surface area contributed by atoms with Crippen molar-refractivity contribution in [2.24, 2.45) is 0 Å². The van der Waals surface area contributed by atoms with Crippen molar-refractivity contribution in [3.05, 3.63) is 39.8 Å². The summed E-state index contributed by atoms with van der Waals surface area (Å²) < 4.78 is 0. The van der Waals surface area contributed by atoms with Crippen LogP contribution in [0.4, 0.5) is 0 Å². The van der Waals surface area contributed by atoms with Crippen molar-refractivity contribution in [2.45, 2.75) is 13.8 Å². The van der Waals surface area contributed by atoms with Crippen LogP contribution in [0.1, 0.15) is 16.7 Å². The van der Waals surface area contributed by atoms with E-state index in [-0.39, 0.29) is 18.4 Å². The first kappa shape index (κ1) is 14.8. The number of imide groups is 1. The van der Waals surface area contributed by atoms with Crippen LogP contribution in [0.15, 0.2) is 23.1 Å². The van der Waals surface area contributed by atoms with Crippen LogP contribution in [0.5, 0.6) is 0 Å². The molecular weight excluding hydrogens is 274 g/mol. The third-order valence-electron chi connectivity index (χ3n) is 3.23. The number of aliphatic hydroxyl groups is 1. The summed E-state index contributed by atoms with van der Waals surface area (Å²) in [6, 6.07) is 5.80. The maximum Gasteiger partial charge on any atom is 0.267 e. The summed E-state index contributed by atoms with van der Waals surface area (Å²) in [6.45, 7) is 3.89. The number of hydrogen-bond acceptors (Lipinski definition) is 4. The summed E-state index contributed by atoms with van der Waals surface area (Å²) >= 11 is 1.23. The van der Waals surface area contributed by atoms with Gasteiger partial charge in [-0.15, -0.1) is 11.8 Å². The lowest BCUT2D eigenvalue weighted by atomic mass is 9.99. The van der Waals surface area contributed by atoms with Crippen molar-refractivity contribution in [1.82, 2.24) is 4.90 Å². The zero-order valence-electron chi connectivity index (χ0n) is 11.8. The van der Waals surface area contributed by atoms with Crippen LogP contribution in [-0.4, -0.2) is 41.2 Å². The first-order valence-electron chi connectivity index (χ1n) is 6.35. The highest BCUT2D eigenvalue weighted by molar-refractivity contribution is 8.04. The van der Waals surface area contributed by atoms with Gasteiger partial charge in [-0.05, 0) is 25.0 Å².